The van der Waals surface area contributed by atoms with Crippen molar-refractivity contribution in [1.82, 2.24) is 0 Å². The Labute approximate surface area is 224 Å². The topological polar surface area (TPSA) is 66.4 Å². The molecule has 0 heterocycles. The number of aryl methyl sites for hydroxylation is 4. The minimum Gasteiger partial charge on any atom is -0.504 e. The van der Waals surface area contributed by atoms with Crippen LogP contribution in [0, 0.1) is 0 Å². The number of benzene rings is 4. The lowest BCUT2D eigenvalue weighted by atomic mass is 10.0. The van der Waals surface area contributed by atoms with Crippen molar-refractivity contribution in [3.8, 4) is 40.2 Å². The number of rotatable bonds is 12. The van der Waals surface area contributed by atoms with Crippen LogP contribution in [0.4, 0.5) is 0 Å². The second kappa shape index (κ2) is 12.8. The summed E-state index contributed by atoms with van der Waals surface area (Å²) in [4.78, 5) is 0. The molecule has 0 aromatic heterocycles. The Kier molecular flexibility index (Phi) is 8.98. The number of phenolic OH excluding ortho intramolecular Hbond substituents is 1. The van der Waals surface area contributed by atoms with Crippen molar-refractivity contribution in [3.05, 3.63) is 101 Å². The number of hydrogen-bond acceptors (Lipinski definition) is 6. The molecule has 0 saturated heterocycles. The van der Waals surface area contributed by atoms with Gasteiger partial charge in [0.25, 0.3) is 0 Å². The van der Waals surface area contributed by atoms with Gasteiger partial charge in [-0.1, -0.05) is 30.3 Å². The maximum atomic E-state index is 10.7. The first kappa shape index (κ1) is 26.7. The van der Waals surface area contributed by atoms with Crippen molar-refractivity contribution in [3.63, 3.8) is 0 Å². The largest absolute Gasteiger partial charge is 0.504 e. The van der Waals surface area contributed by atoms with Gasteiger partial charge >= 0.3 is 0 Å². The molecular weight excluding hydrogens is 480 g/mol. The van der Waals surface area contributed by atoms with Crippen molar-refractivity contribution >= 4 is 0 Å². The first-order valence-corrected chi connectivity index (χ1v) is 12.5. The third-order valence-corrected chi connectivity index (χ3v) is 6.45. The molecule has 0 atom stereocenters. The number of aromatic hydroxyl groups is 1. The molecule has 38 heavy (non-hydrogen) atoms. The predicted molar refractivity (Wildman–Crippen MR) is 149 cm³/mol. The molecular formula is C32H34O6. The van der Waals surface area contributed by atoms with E-state index in [9.17, 15) is 5.11 Å². The smallest absolute Gasteiger partial charge is 0.203 e. The molecule has 0 unspecified atom stereocenters. The lowest BCUT2D eigenvalue weighted by molar-refractivity contribution is 0.338. The van der Waals surface area contributed by atoms with Gasteiger partial charge in [0.15, 0.2) is 23.0 Å². The summed E-state index contributed by atoms with van der Waals surface area (Å²) >= 11 is 0. The number of phenols is 1. The molecule has 4 rings (SSSR count). The molecule has 0 aliphatic carbocycles. The Bertz CT molecular complexity index is 1350. The summed E-state index contributed by atoms with van der Waals surface area (Å²) in [7, 11) is 6.45. The first-order chi connectivity index (χ1) is 18.5. The van der Waals surface area contributed by atoms with E-state index in [1.54, 1.807) is 27.4 Å². The average molecular weight is 515 g/mol. The molecule has 6 nitrogen and oxygen atoms in total. The molecule has 0 radical (unpaired) electrons. The fourth-order valence-corrected chi connectivity index (χ4v) is 4.34. The summed E-state index contributed by atoms with van der Waals surface area (Å²) in [5.41, 5.74) is 4.40. The Hall–Kier alpha value is -4.32. The van der Waals surface area contributed by atoms with Crippen molar-refractivity contribution < 1.29 is 28.8 Å². The van der Waals surface area contributed by atoms with Gasteiger partial charge in [-0.05, 0) is 96.5 Å². The van der Waals surface area contributed by atoms with Crippen LogP contribution in [0.15, 0.2) is 78.9 Å². The highest BCUT2D eigenvalue weighted by atomic mass is 16.5. The van der Waals surface area contributed by atoms with Crippen molar-refractivity contribution in [1.29, 1.82) is 0 Å². The van der Waals surface area contributed by atoms with E-state index in [1.807, 2.05) is 54.6 Å². The Morgan fingerprint density at radius 2 is 1.13 bits per heavy atom. The SMILES string of the molecule is COc1ccc(CCc2ccc(OC)c(Oc3cc(CCc4cccc(OC)c4)cc(O)c3OC)c2)cc1. The van der Waals surface area contributed by atoms with Crippen LogP contribution in [0.25, 0.3) is 0 Å². The summed E-state index contributed by atoms with van der Waals surface area (Å²) in [5, 5.41) is 10.7. The van der Waals surface area contributed by atoms with Gasteiger partial charge in [-0.25, -0.2) is 0 Å². The van der Waals surface area contributed by atoms with Gasteiger partial charge < -0.3 is 28.8 Å². The zero-order valence-corrected chi connectivity index (χ0v) is 22.3. The summed E-state index contributed by atoms with van der Waals surface area (Å²) in [6.45, 7) is 0. The summed E-state index contributed by atoms with van der Waals surface area (Å²) < 4.78 is 27.9. The third-order valence-electron chi connectivity index (χ3n) is 6.45. The van der Waals surface area contributed by atoms with Gasteiger partial charge in [0.05, 0.1) is 28.4 Å². The van der Waals surface area contributed by atoms with Gasteiger partial charge in [0, 0.05) is 0 Å². The quantitative estimate of drug-likeness (QED) is 0.225. The fourth-order valence-electron chi connectivity index (χ4n) is 4.34. The second-order valence-corrected chi connectivity index (χ2v) is 8.93. The molecule has 0 amide bonds. The first-order valence-electron chi connectivity index (χ1n) is 12.5. The van der Waals surface area contributed by atoms with Gasteiger partial charge in [-0.15, -0.1) is 0 Å². The van der Waals surface area contributed by atoms with Crippen LogP contribution in [-0.4, -0.2) is 33.5 Å². The zero-order chi connectivity index (χ0) is 26.9. The van der Waals surface area contributed by atoms with Crippen molar-refractivity contribution in [2.45, 2.75) is 25.7 Å². The van der Waals surface area contributed by atoms with Crippen LogP contribution in [0.3, 0.4) is 0 Å². The van der Waals surface area contributed by atoms with E-state index in [1.165, 1.54) is 12.7 Å². The van der Waals surface area contributed by atoms with Gasteiger partial charge in [-0.3, -0.25) is 0 Å². The molecule has 0 aliphatic heterocycles. The van der Waals surface area contributed by atoms with Crippen LogP contribution in [0.5, 0.6) is 40.2 Å². The van der Waals surface area contributed by atoms with Crippen LogP contribution in [0.1, 0.15) is 22.3 Å². The summed E-state index contributed by atoms with van der Waals surface area (Å²) in [5.74, 6) is 3.56. The summed E-state index contributed by atoms with van der Waals surface area (Å²) in [6.07, 6.45) is 3.20. The zero-order valence-electron chi connectivity index (χ0n) is 22.3. The van der Waals surface area contributed by atoms with Crippen LogP contribution < -0.4 is 23.7 Å². The van der Waals surface area contributed by atoms with Crippen molar-refractivity contribution in [2.75, 3.05) is 28.4 Å². The highest BCUT2D eigenvalue weighted by Gasteiger charge is 2.16. The van der Waals surface area contributed by atoms with Gasteiger partial charge in [-0.2, -0.15) is 0 Å². The normalized spacial score (nSPS) is 10.6. The standard InChI is InChI=1S/C32H34O6/c1-34-26-15-12-22(13-16-26)8-9-24-14-17-29(36-3)30(20-24)38-31-21-25(19-28(33)32(31)37-4)11-10-23-6-5-7-27(18-23)35-2/h5-7,12-21,33H,8-11H2,1-4H3. The molecule has 198 valence electrons. The van der Waals surface area contributed by atoms with E-state index in [4.69, 9.17) is 23.7 Å². The van der Waals surface area contributed by atoms with Gasteiger partial charge in [0.2, 0.25) is 5.75 Å². The number of hydrogen-bond donors (Lipinski definition) is 1. The predicted octanol–water partition coefficient (Wildman–Crippen LogP) is 6.79. The van der Waals surface area contributed by atoms with Crippen molar-refractivity contribution in [2.24, 2.45) is 0 Å². The molecule has 0 aliphatic rings. The lowest BCUT2D eigenvalue weighted by Gasteiger charge is -2.16. The molecule has 1 N–H and O–H groups in total. The highest BCUT2D eigenvalue weighted by Crippen LogP contribution is 2.42. The van der Waals surface area contributed by atoms with E-state index in [2.05, 4.69) is 18.2 Å². The Morgan fingerprint density at radius 1 is 0.500 bits per heavy atom. The minimum atomic E-state index is 0.0280. The monoisotopic (exact) mass is 514 g/mol. The molecule has 6 heteroatoms. The van der Waals surface area contributed by atoms with E-state index in [0.717, 1.165) is 47.5 Å². The average Bonchev–Trinajstić information content (AvgIpc) is 2.95. The van der Waals surface area contributed by atoms with E-state index >= 15 is 0 Å². The third kappa shape index (κ3) is 6.71. The molecule has 0 bridgehead atoms. The molecule has 4 aromatic carbocycles. The number of methoxy groups -OCH3 is 4. The lowest BCUT2D eigenvalue weighted by Crippen LogP contribution is -1.98. The van der Waals surface area contributed by atoms with Crippen LogP contribution in [-0.2, 0) is 25.7 Å². The maximum Gasteiger partial charge on any atom is 0.203 e. The summed E-state index contributed by atoms with van der Waals surface area (Å²) in [6, 6.07) is 25.6. The Morgan fingerprint density at radius 3 is 1.82 bits per heavy atom. The van der Waals surface area contributed by atoms with Crippen LogP contribution >= 0.6 is 0 Å². The van der Waals surface area contributed by atoms with E-state index < -0.39 is 0 Å². The molecule has 4 aromatic rings. The van der Waals surface area contributed by atoms with E-state index in [-0.39, 0.29) is 11.5 Å². The van der Waals surface area contributed by atoms with E-state index in [0.29, 0.717) is 23.7 Å². The minimum absolute atomic E-state index is 0.0280. The Balaban J connectivity index is 1.53. The van der Waals surface area contributed by atoms with Gasteiger partial charge in [0.1, 0.15) is 11.5 Å². The molecule has 0 saturated carbocycles. The molecule has 0 spiro atoms. The fraction of sp³-hybridized carbons (Fsp3) is 0.250. The van der Waals surface area contributed by atoms with Crippen LogP contribution in [0.2, 0.25) is 0 Å². The number of ether oxygens (including phenoxy) is 5. The second-order valence-electron chi connectivity index (χ2n) is 8.93. The molecule has 0 fully saturated rings. The maximum absolute atomic E-state index is 10.7. The highest BCUT2D eigenvalue weighted by molar-refractivity contribution is 5.56.